The van der Waals surface area contributed by atoms with Gasteiger partial charge in [-0.15, -0.1) is 0 Å². The Hall–Kier alpha value is -4.26. The van der Waals surface area contributed by atoms with E-state index in [1.54, 1.807) is 18.2 Å². The Balaban J connectivity index is 1.94. The van der Waals surface area contributed by atoms with Crippen LogP contribution in [-0.2, 0) is 9.59 Å². The van der Waals surface area contributed by atoms with Crippen molar-refractivity contribution in [3.8, 4) is 0 Å². The molecule has 160 valence electrons. The van der Waals surface area contributed by atoms with Gasteiger partial charge < -0.3 is 5.11 Å². The molecule has 1 amide bonds. The molecule has 1 saturated heterocycles. The summed E-state index contributed by atoms with van der Waals surface area (Å²) >= 11 is 0. The number of aliphatic hydroxyl groups is 1. The van der Waals surface area contributed by atoms with Gasteiger partial charge in [0.25, 0.3) is 17.4 Å². The fraction of sp³-hybridized carbons (Fsp3) is 0.120. The third-order valence-corrected chi connectivity index (χ3v) is 5.53. The minimum absolute atomic E-state index is 0.0577. The van der Waals surface area contributed by atoms with Crippen LogP contribution in [0.15, 0.2) is 78.4 Å². The lowest BCUT2D eigenvalue weighted by Crippen LogP contribution is -2.30. The van der Waals surface area contributed by atoms with Gasteiger partial charge in [-0.1, -0.05) is 48.0 Å². The number of aryl methyl sites for hydroxylation is 2. The number of aliphatic hydroxyl groups excluding tert-OH is 1. The second-order valence-corrected chi connectivity index (χ2v) is 7.67. The van der Waals surface area contributed by atoms with Crippen LogP contribution in [0.3, 0.4) is 0 Å². The van der Waals surface area contributed by atoms with E-state index in [2.05, 4.69) is 0 Å². The number of hydrogen-bond acceptors (Lipinski definition) is 5. The number of para-hydroxylation sites is 1. The molecule has 1 N–H and O–H groups in total. The van der Waals surface area contributed by atoms with Crippen molar-refractivity contribution in [1.29, 1.82) is 0 Å². The summed E-state index contributed by atoms with van der Waals surface area (Å²) in [6.45, 7) is 3.75. The Morgan fingerprint density at radius 2 is 1.66 bits per heavy atom. The van der Waals surface area contributed by atoms with Gasteiger partial charge in [0.1, 0.15) is 5.76 Å². The normalized spacial score (nSPS) is 17.6. The van der Waals surface area contributed by atoms with Crippen LogP contribution in [0.1, 0.15) is 28.3 Å². The Morgan fingerprint density at radius 3 is 2.28 bits per heavy atom. The molecule has 1 heterocycles. The average molecular weight is 428 g/mol. The fourth-order valence-electron chi connectivity index (χ4n) is 3.97. The number of benzene rings is 3. The number of anilines is 1. The molecule has 0 saturated carbocycles. The monoisotopic (exact) mass is 428 g/mol. The van der Waals surface area contributed by atoms with Gasteiger partial charge in [0.2, 0.25) is 0 Å². The number of amides is 1. The van der Waals surface area contributed by atoms with Crippen molar-refractivity contribution in [3.05, 3.63) is 111 Å². The van der Waals surface area contributed by atoms with Gasteiger partial charge in [0.15, 0.2) is 0 Å². The number of Topliss-reactive ketones (excluding diaryl/α,β-unsaturated/α-hetero) is 1. The fourth-order valence-corrected chi connectivity index (χ4v) is 3.97. The number of carbonyl (C=O) groups is 2. The highest BCUT2D eigenvalue weighted by Gasteiger charge is 2.47. The first-order chi connectivity index (χ1) is 15.3. The Kier molecular flexibility index (Phi) is 5.32. The lowest BCUT2D eigenvalue weighted by Gasteiger charge is -2.27. The summed E-state index contributed by atoms with van der Waals surface area (Å²) in [5, 5.41) is 22.0. The van der Waals surface area contributed by atoms with E-state index in [-0.39, 0.29) is 22.6 Å². The molecule has 4 rings (SSSR count). The van der Waals surface area contributed by atoms with Crippen molar-refractivity contribution in [3.63, 3.8) is 0 Å². The molecule has 1 fully saturated rings. The van der Waals surface area contributed by atoms with Gasteiger partial charge in [-0.3, -0.25) is 24.6 Å². The predicted molar refractivity (Wildman–Crippen MR) is 120 cm³/mol. The summed E-state index contributed by atoms with van der Waals surface area (Å²) in [5.74, 6) is -1.93. The Morgan fingerprint density at radius 1 is 0.969 bits per heavy atom. The van der Waals surface area contributed by atoms with E-state index >= 15 is 0 Å². The zero-order valence-corrected chi connectivity index (χ0v) is 17.5. The Bertz CT molecular complexity index is 1280. The van der Waals surface area contributed by atoms with Crippen LogP contribution in [-0.4, -0.2) is 21.7 Å². The molecular formula is C25H20N2O5. The number of carbonyl (C=O) groups excluding carboxylic acids is 2. The number of hydrogen-bond donors (Lipinski definition) is 1. The van der Waals surface area contributed by atoms with Crippen LogP contribution >= 0.6 is 0 Å². The molecule has 7 nitrogen and oxygen atoms in total. The van der Waals surface area contributed by atoms with E-state index in [4.69, 9.17) is 0 Å². The number of nitro benzene ring substituents is 1. The molecule has 1 unspecified atom stereocenters. The maximum absolute atomic E-state index is 13.2. The van der Waals surface area contributed by atoms with Crippen molar-refractivity contribution in [2.45, 2.75) is 19.9 Å². The summed E-state index contributed by atoms with van der Waals surface area (Å²) in [5.41, 5.74) is 3.02. The molecule has 0 radical (unpaired) electrons. The van der Waals surface area contributed by atoms with Crippen LogP contribution < -0.4 is 4.90 Å². The lowest BCUT2D eigenvalue weighted by molar-refractivity contribution is -0.384. The van der Waals surface area contributed by atoms with Crippen molar-refractivity contribution in [1.82, 2.24) is 0 Å². The highest BCUT2D eigenvalue weighted by atomic mass is 16.6. The van der Waals surface area contributed by atoms with Gasteiger partial charge in [-0.25, -0.2) is 0 Å². The molecular weight excluding hydrogens is 408 g/mol. The molecule has 3 aromatic carbocycles. The minimum Gasteiger partial charge on any atom is -0.507 e. The van der Waals surface area contributed by atoms with Crippen LogP contribution in [0.4, 0.5) is 11.4 Å². The number of non-ortho nitro benzene ring substituents is 1. The zero-order chi connectivity index (χ0) is 23.0. The number of nitro groups is 1. The molecule has 1 aliphatic heterocycles. The number of ketones is 1. The summed E-state index contributed by atoms with van der Waals surface area (Å²) in [4.78, 5) is 38.1. The van der Waals surface area contributed by atoms with Crippen molar-refractivity contribution >= 4 is 28.8 Å². The van der Waals surface area contributed by atoms with Crippen molar-refractivity contribution in [2.24, 2.45) is 0 Å². The standard InChI is InChI=1S/C25H20N2O5/c1-15-6-5-8-18(14-15)22-21(23(28)17-10-12-19(13-11-17)27(31)32)24(29)25(30)26(22)20-9-4-3-7-16(20)2/h3-14,22,28H,1-2H3/b23-21-. The zero-order valence-electron chi connectivity index (χ0n) is 17.5. The molecule has 3 aromatic rings. The van der Waals surface area contributed by atoms with Crippen LogP contribution in [0.2, 0.25) is 0 Å². The largest absolute Gasteiger partial charge is 0.507 e. The van der Waals surface area contributed by atoms with E-state index in [1.807, 2.05) is 44.2 Å². The van der Waals surface area contributed by atoms with E-state index in [9.17, 15) is 24.8 Å². The van der Waals surface area contributed by atoms with Gasteiger partial charge in [-0.05, 0) is 43.2 Å². The van der Waals surface area contributed by atoms with Crippen LogP contribution in [0, 0.1) is 24.0 Å². The molecule has 7 heteroatoms. The van der Waals surface area contributed by atoms with Gasteiger partial charge in [0, 0.05) is 23.4 Å². The van der Waals surface area contributed by atoms with E-state index < -0.39 is 22.7 Å². The minimum atomic E-state index is -0.841. The predicted octanol–water partition coefficient (Wildman–Crippen LogP) is 4.84. The van der Waals surface area contributed by atoms with Crippen LogP contribution in [0.5, 0.6) is 0 Å². The summed E-state index contributed by atoms with van der Waals surface area (Å²) in [7, 11) is 0. The average Bonchev–Trinajstić information content (AvgIpc) is 3.04. The first kappa shape index (κ1) is 21.0. The molecule has 0 aromatic heterocycles. The first-order valence-corrected chi connectivity index (χ1v) is 9.97. The van der Waals surface area contributed by atoms with Gasteiger partial charge in [0.05, 0.1) is 16.5 Å². The molecule has 0 spiro atoms. The van der Waals surface area contributed by atoms with Crippen molar-refractivity contribution < 1.29 is 19.6 Å². The second kappa shape index (κ2) is 8.11. The number of rotatable bonds is 4. The highest BCUT2D eigenvalue weighted by molar-refractivity contribution is 6.51. The molecule has 1 aliphatic rings. The maximum Gasteiger partial charge on any atom is 0.300 e. The smallest absolute Gasteiger partial charge is 0.300 e. The van der Waals surface area contributed by atoms with Crippen LogP contribution in [0.25, 0.3) is 5.76 Å². The summed E-state index contributed by atoms with van der Waals surface area (Å²) < 4.78 is 0. The summed E-state index contributed by atoms with van der Waals surface area (Å²) in [6.07, 6.45) is 0. The lowest BCUT2D eigenvalue weighted by atomic mass is 9.94. The van der Waals surface area contributed by atoms with Crippen molar-refractivity contribution in [2.75, 3.05) is 4.90 Å². The maximum atomic E-state index is 13.2. The molecule has 0 aliphatic carbocycles. The SMILES string of the molecule is Cc1cccc(C2/C(=C(/O)c3ccc([N+](=O)[O-])cc3)C(=O)C(=O)N2c2ccccc2C)c1. The topological polar surface area (TPSA) is 101 Å². The molecule has 32 heavy (non-hydrogen) atoms. The summed E-state index contributed by atoms with van der Waals surface area (Å²) in [6, 6.07) is 19.0. The first-order valence-electron chi connectivity index (χ1n) is 9.97. The third-order valence-electron chi connectivity index (χ3n) is 5.53. The van der Waals surface area contributed by atoms with Gasteiger partial charge in [-0.2, -0.15) is 0 Å². The highest BCUT2D eigenvalue weighted by Crippen LogP contribution is 2.43. The van der Waals surface area contributed by atoms with E-state index in [0.717, 1.165) is 11.1 Å². The molecule has 0 bridgehead atoms. The second-order valence-electron chi connectivity index (χ2n) is 7.67. The molecule has 1 atom stereocenters. The van der Waals surface area contributed by atoms with E-state index in [1.165, 1.54) is 29.2 Å². The number of nitrogens with zero attached hydrogens (tertiary/aromatic N) is 2. The quantitative estimate of drug-likeness (QED) is 0.211. The van der Waals surface area contributed by atoms with Gasteiger partial charge >= 0.3 is 0 Å². The third kappa shape index (κ3) is 3.54. The Labute approximate surface area is 184 Å². The van der Waals surface area contributed by atoms with E-state index in [0.29, 0.717) is 11.3 Å².